The number of piperidine rings is 1. The molecule has 0 saturated carbocycles. The molecule has 2 aliphatic rings. The van der Waals surface area contributed by atoms with E-state index in [1.807, 2.05) is 0 Å². The average Bonchev–Trinajstić information content (AvgIpc) is 2.94. The second-order valence-corrected chi connectivity index (χ2v) is 10.4. The molecule has 12 heteroatoms. The van der Waals surface area contributed by atoms with Gasteiger partial charge in [0.2, 0.25) is 0 Å². The van der Waals surface area contributed by atoms with E-state index in [1.165, 1.54) is 36.4 Å². The molecule has 2 atom stereocenters. The van der Waals surface area contributed by atoms with Gasteiger partial charge in [0.05, 0.1) is 11.3 Å². The Labute approximate surface area is 239 Å². The van der Waals surface area contributed by atoms with Gasteiger partial charge >= 0.3 is 12.1 Å². The molecule has 10 nitrogen and oxygen atoms in total. The molecule has 1 fully saturated rings. The first-order valence-corrected chi connectivity index (χ1v) is 13.2. The summed E-state index contributed by atoms with van der Waals surface area (Å²) in [6, 6.07) is 12.5. The fraction of sp³-hybridized carbons (Fsp3) is 0.241. The van der Waals surface area contributed by atoms with Crippen LogP contribution in [0.4, 0.5) is 20.6 Å². The van der Waals surface area contributed by atoms with Crippen LogP contribution in [0.5, 0.6) is 0 Å². The van der Waals surface area contributed by atoms with E-state index in [2.05, 4.69) is 10.6 Å². The molecule has 5 rings (SSSR count). The van der Waals surface area contributed by atoms with Gasteiger partial charge in [-0.2, -0.15) is 0 Å². The van der Waals surface area contributed by atoms with Gasteiger partial charge in [-0.1, -0.05) is 23.7 Å². The fourth-order valence-electron chi connectivity index (χ4n) is 5.17. The number of imide groups is 1. The number of nitrogen functional groups attached to an aromatic ring is 1. The summed E-state index contributed by atoms with van der Waals surface area (Å²) in [7, 11) is 0. The lowest BCUT2D eigenvalue weighted by molar-refractivity contribution is -0.120. The molecule has 0 aromatic heterocycles. The van der Waals surface area contributed by atoms with Crippen LogP contribution in [-0.2, 0) is 21.6 Å². The fourth-order valence-corrected chi connectivity index (χ4v) is 5.35. The highest BCUT2D eigenvalue weighted by Gasteiger charge is 2.48. The first kappa shape index (κ1) is 28.1. The van der Waals surface area contributed by atoms with Gasteiger partial charge in [0.15, 0.2) is 5.60 Å². The third-order valence-corrected chi connectivity index (χ3v) is 7.46. The SMILES string of the molecule is Nc1ccc(C(=O)N[C@@H](Cc2ccc(F)cc2)C(=O)N2C(=O)O[C@]3(CCCNC3)c3cc(Cl)ccc32)cc1C(=O)O. The maximum atomic E-state index is 14.1. The second-order valence-electron chi connectivity index (χ2n) is 9.94. The average molecular weight is 581 g/mol. The Bertz CT molecular complexity index is 1540. The van der Waals surface area contributed by atoms with Crippen LogP contribution in [0.15, 0.2) is 60.7 Å². The number of anilines is 2. The number of carboxylic acids is 1. The van der Waals surface area contributed by atoms with Crippen LogP contribution >= 0.6 is 11.6 Å². The number of nitrogens with zero attached hydrogens (tertiary/aromatic N) is 1. The summed E-state index contributed by atoms with van der Waals surface area (Å²) in [6.45, 7) is 1.09. The summed E-state index contributed by atoms with van der Waals surface area (Å²) in [5, 5.41) is 15.6. The molecule has 3 aromatic rings. The molecule has 0 unspecified atom stereocenters. The number of amides is 3. The molecular formula is C29H26ClFN4O6. The number of aromatic carboxylic acids is 1. The van der Waals surface area contributed by atoms with Crippen molar-refractivity contribution in [2.45, 2.75) is 30.9 Å². The van der Waals surface area contributed by atoms with E-state index in [9.17, 15) is 28.7 Å². The Kier molecular flexibility index (Phi) is 7.65. The highest BCUT2D eigenvalue weighted by molar-refractivity contribution is 6.31. The zero-order valence-electron chi connectivity index (χ0n) is 21.7. The van der Waals surface area contributed by atoms with E-state index in [0.717, 1.165) is 23.9 Å². The van der Waals surface area contributed by atoms with Gasteiger partial charge in [0.25, 0.3) is 11.8 Å². The predicted octanol–water partition coefficient (Wildman–Crippen LogP) is 3.86. The Hall–Kier alpha value is -4.48. The summed E-state index contributed by atoms with van der Waals surface area (Å²) in [6.07, 6.45) is 0.244. The Morgan fingerprint density at radius 3 is 2.59 bits per heavy atom. The van der Waals surface area contributed by atoms with Crippen LogP contribution in [-0.4, -0.2) is 48.1 Å². The highest BCUT2D eigenvalue weighted by Crippen LogP contribution is 2.44. The lowest BCUT2D eigenvalue weighted by Gasteiger charge is -2.44. The van der Waals surface area contributed by atoms with Crippen molar-refractivity contribution in [3.8, 4) is 0 Å². The van der Waals surface area contributed by atoms with Crippen molar-refractivity contribution < 1.29 is 33.4 Å². The number of carbonyl (C=O) groups is 4. The van der Waals surface area contributed by atoms with E-state index < -0.39 is 41.3 Å². The Morgan fingerprint density at radius 1 is 1.15 bits per heavy atom. The van der Waals surface area contributed by atoms with E-state index in [-0.39, 0.29) is 28.9 Å². The summed E-state index contributed by atoms with van der Waals surface area (Å²) in [5.74, 6) is -3.39. The number of carboxylic acid groups (broad SMARTS) is 1. The number of fused-ring (bicyclic) bond motifs is 2. The standard InChI is InChI=1S/C29H26ClFN4O6/c30-18-5-9-24-21(14-18)29(10-1-11-33-15-29)41-28(40)35(24)26(37)23(12-16-2-6-19(31)7-3-16)34-25(36)17-4-8-22(32)20(13-17)27(38)39/h2-9,13-14,23,33H,1,10-12,15,32H2,(H,34,36)(H,38,39)/t23-,29-/m0/s1. The monoisotopic (exact) mass is 580 g/mol. The smallest absolute Gasteiger partial charge is 0.422 e. The van der Waals surface area contributed by atoms with E-state index >= 15 is 0 Å². The maximum Gasteiger partial charge on any atom is 0.422 e. The number of benzene rings is 3. The molecular weight excluding hydrogens is 555 g/mol. The number of halogens is 2. The largest absolute Gasteiger partial charge is 0.478 e. The number of ether oxygens (including phenoxy) is 1. The third kappa shape index (κ3) is 5.59. The highest BCUT2D eigenvalue weighted by atomic mass is 35.5. The lowest BCUT2D eigenvalue weighted by atomic mass is 9.84. The molecule has 3 aromatic carbocycles. The van der Waals surface area contributed by atoms with Gasteiger partial charge in [0.1, 0.15) is 11.9 Å². The minimum absolute atomic E-state index is 0.0366. The third-order valence-electron chi connectivity index (χ3n) is 7.22. The molecule has 0 radical (unpaired) electrons. The molecule has 2 aliphatic heterocycles. The van der Waals surface area contributed by atoms with Crippen LogP contribution < -0.4 is 21.3 Å². The van der Waals surface area contributed by atoms with Gasteiger partial charge < -0.3 is 26.2 Å². The van der Waals surface area contributed by atoms with Crippen LogP contribution in [0, 0.1) is 5.82 Å². The van der Waals surface area contributed by atoms with Crippen LogP contribution in [0.1, 0.15) is 44.7 Å². The zero-order chi connectivity index (χ0) is 29.3. The number of carbonyl (C=O) groups excluding carboxylic acids is 3. The second kappa shape index (κ2) is 11.2. The van der Waals surface area contributed by atoms with Crippen molar-refractivity contribution in [3.63, 3.8) is 0 Å². The quantitative estimate of drug-likeness (QED) is 0.321. The summed E-state index contributed by atoms with van der Waals surface area (Å²) >= 11 is 6.31. The first-order valence-electron chi connectivity index (χ1n) is 12.8. The predicted molar refractivity (Wildman–Crippen MR) is 148 cm³/mol. The molecule has 0 aliphatic carbocycles. The van der Waals surface area contributed by atoms with Gasteiger partial charge in [0, 0.05) is 34.8 Å². The van der Waals surface area contributed by atoms with Gasteiger partial charge in [-0.15, -0.1) is 0 Å². The molecule has 0 bridgehead atoms. The van der Waals surface area contributed by atoms with Crippen molar-refractivity contribution >= 4 is 46.9 Å². The molecule has 1 spiro atoms. The molecule has 5 N–H and O–H groups in total. The minimum Gasteiger partial charge on any atom is -0.478 e. The minimum atomic E-state index is -1.33. The van der Waals surface area contributed by atoms with Crippen molar-refractivity contribution in [2.24, 2.45) is 0 Å². The number of nitrogens with one attached hydrogen (secondary N) is 2. The lowest BCUT2D eigenvalue weighted by Crippen LogP contribution is -2.58. The van der Waals surface area contributed by atoms with Crippen molar-refractivity contribution in [3.05, 3.63) is 93.8 Å². The van der Waals surface area contributed by atoms with Crippen LogP contribution in [0.2, 0.25) is 5.02 Å². The Balaban J connectivity index is 1.52. The molecule has 212 valence electrons. The normalized spacial score (nSPS) is 18.8. The summed E-state index contributed by atoms with van der Waals surface area (Å²) in [5.41, 5.74) is 5.66. The van der Waals surface area contributed by atoms with Crippen molar-refractivity contribution in [1.29, 1.82) is 0 Å². The maximum absolute atomic E-state index is 14.1. The van der Waals surface area contributed by atoms with Gasteiger partial charge in [-0.25, -0.2) is 18.9 Å². The molecule has 41 heavy (non-hydrogen) atoms. The topological polar surface area (TPSA) is 151 Å². The number of hydrogen-bond donors (Lipinski definition) is 4. The first-order chi connectivity index (χ1) is 19.6. The zero-order valence-corrected chi connectivity index (χ0v) is 22.4. The van der Waals surface area contributed by atoms with Crippen molar-refractivity contribution in [1.82, 2.24) is 10.6 Å². The van der Waals surface area contributed by atoms with Gasteiger partial charge in [-0.3, -0.25) is 9.59 Å². The summed E-state index contributed by atoms with van der Waals surface area (Å²) < 4.78 is 19.5. The molecule has 2 heterocycles. The Morgan fingerprint density at radius 2 is 1.90 bits per heavy atom. The van der Waals surface area contributed by atoms with Crippen molar-refractivity contribution in [2.75, 3.05) is 23.7 Å². The summed E-state index contributed by atoms with van der Waals surface area (Å²) in [4.78, 5) is 53.2. The van der Waals surface area contributed by atoms with E-state index in [4.69, 9.17) is 22.1 Å². The van der Waals surface area contributed by atoms with E-state index in [1.54, 1.807) is 18.2 Å². The number of nitrogens with two attached hydrogens (primary N) is 1. The van der Waals surface area contributed by atoms with Crippen LogP contribution in [0.3, 0.4) is 0 Å². The van der Waals surface area contributed by atoms with E-state index in [0.29, 0.717) is 29.1 Å². The van der Waals surface area contributed by atoms with Crippen LogP contribution in [0.25, 0.3) is 0 Å². The number of rotatable bonds is 6. The van der Waals surface area contributed by atoms with Gasteiger partial charge in [-0.05, 0) is 73.5 Å². The number of hydrogen-bond acceptors (Lipinski definition) is 7. The molecule has 3 amide bonds. The molecule has 1 saturated heterocycles.